The number of nitrogen functional groups attached to an aromatic ring is 1. The second-order valence-corrected chi connectivity index (χ2v) is 9.93. The number of β-amino-alcohol motifs (C(OH)–C–C–N with tert-alkyl or cyclic N) is 1. The van der Waals surface area contributed by atoms with Crippen LogP contribution in [0.4, 0.5) is 21.1 Å². The van der Waals surface area contributed by atoms with Gasteiger partial charge in [0.15, 0.2) is 5.82 Å². The highest BCUT2D eigenvalue weighted by Crippen LogP contribution is 2.39. The van der Waals surface area contributed by atoms with Gasteiger partial charge in [-0.1, -0.05) is 0 Å². The van der Waals surface area contributed by atoms with Gasteiger partial charge in [-0.15, -0.1) is 0 Å². The Morgan fingerprint density at radius 3 is 2.79 bits per heavy atom. The summed E-state index contributed by atoms with van der Waals surface area (Å²) in [6.07, 6.45) is 2.40. The number of methoxy groups -OCH3 is 1. The van der Waals surface area contributed by atoms with E-state index < -0.39 is 23.4 Å². The van der Waals surface area contributed by atoms with Crippen LogP contribution in [0.15, 0.2) is 12.4 Å². The number of hydrogen-bond acceptors (Lipinski definition) is 9. The SMILES string of the molecule is COC(=O)N1CCC(O)(c2cc(N3CCC[C@@H](NC(=O)OC(C)(C)C)C3)c3c(N)ncnn23)C1. The average molecular weight is 476 g/mol. The number of ether oxygens (including phenoxy) is 2. The molecule has 2 saturated heterocycles. The van der Waals surface area contributed by atoms with Gasteiger partial charge in [-0.25, -0.2) is 19.1 Å². The van der Waals surface area contributed by atoms with Crippen molar-refractivity contribution < 1.29 is 24.2 Å². The zero-order valence-electron chi connectivity index (χ0n) is 20.1. The first-order chi connectivity index (χ1) is 16.0. The molecule has 0 aliphatic carbocycles. The number of carbonyl (C=O) groups is 2. The number of carbonyl (C=O) groups excluding carboxylic acids is 2. The zero-order valence-corrected chi connectivity index (χ0v) is 20.1. The summed E-state index contributed by atoms with van der Waals surface area (Å²) >= 11 is 0. The lowest BCUT2D eigenvalue weighted by Gasteiger charge is -2.34. The molecule has 1 unspecified atom stereocenters. The van der Waals surface area contributed by atoms with Crippen LogP contribution in [-0.2, 0) is 15.1 Å². The lowest BCUT2D eigenvalue weighted by molar-refractivity contribution is 0.0385. The maximum atomic E-state index is 12.3. The van der Waals surface area contributed by atoms with E-state index >= 15 is 0 Å². The smallest absolute Gasteiger partial charge is 0.409 e. The Kier molecular flexibility index (Phi) is 6.19. The van der Waals surface area contributed by atoms with Gasteiger partial charge in [0.2, 0.25) is 0 Å². The number of anilines is 2. The second kappa shape index (κ2) is 8.82. The first-order valence-corrected chi connectivity index (χ1v) is 11.4. The van der Waals surface area contributed by atoms with Crippen LogP contribution in [0.2, 0.25) is 0 Å². The Bertz CT molecular complexity index is 1080. The van der Waals surface area contributed by atoms with E-state index in [1.165, 1.54) is 18.3 Å². The molecule has 2 aliphatic rings. The first kappa shape index (κ1) is 23.9. The zero-order chi connectivity index (χ0) is 24.7. The average Bonchev–Trinajstić information content (AvgIpc) is 3.35. The third-order valence-electron chi connectivity index (χ3n) is 6.20. The van der Waals surface area contributed by atoms with Crippen molar-refractivity contribution in [2.75, 3.05) is 43.9 Å². The molecule has 2 atom stereocenters. The summed E-state index contributed by atoms with van der Waals surface area (Å²) < 4.78 is 11.8. The molecular formula is C22H33N7O5. The van der Waals surface area contributed by atoms with Gasteiger partial charge in [0.1, 0.15) is 23.0 Å². The molecule has 0 saturated carbocycles. The predicted octanol–water partition coefficient (Wildman–Crippen LogP) is 1.46. The molecule has 4 heterocycles. The van der Waals surface area contributed by atoms with Crippen LogP contribution in [0.25, 0.3) is 5.52 Å². The molecule has 0 bridgehead atoms. The molecular weight excluding hydrogens is 442 g/mol. The summed E-state index contributed by atoms with van der Waals surface area (Å²) in [6, 6.07) is 1.74. The number of rotatable bonds is 3. The number of hydrogen-bond donors (Lipinski definition) is 3. The third-order valence-corrected chi connectivity index (χ3v) is 6.20. The monoisotopic (exact) mass is 475 g/mol. The Labute approximate surface area is 198 Å². The number of alkyl carbamates (subject to hydrolysis) is 1. The fourth-order valence-electron chi connectivity index (χ4n) is 4.70. The summed E-state index contributed by atoms with van der Waals surface area (Å²) in [5.74, 6) is 0.282. The minimum Gasteiger partial charge on any atom is -0.453 e. The van der Waals surface area contributed by atoms with Gasteiger partial charge in [0, 0.05) is 32.1 Å². The van der Waals surface area contributed by atoms with Gasteiger partial charge < -0.3 is 35.4 Å². The third kappa shape index (κ3) is 4.67. The first-order valence-electron chi connectivity index (χ1n) is 11.4. The van der Waals surface area contributed by atoms with Crippen molar-refractivity contribution in [2.24, 2.45) is 0 Å². The van der Waals surface area contributed by atoms with Gasteiger partial charge in [-0.05, 0) is 39.7 Å². The highest BCUT2D eigenvalue weighted by molar-refractivity contribution is 5.84. The van der Waals surface area contributed by atoms with E-state index in [0.717, 1.165) is 25.1 Å². The van der Waals surface area contributed by atoms with Crippen LogP contribution in [0.3, 0.4) is 0 Å². The van der Waals surface area contributed by atoms with Crippen LogP contribution in [0.1, 0.15) is 45.7 Å². The lowest BCUT2D eigenvalue weighted by atomic mass is 9.99. The van der Waals surface area contributed by atoms with Crippen molar-refractivity contribution in [3.8, 4) is 0 Å². The number of amides is 2. The van der Waals surface area contributed by atoms with E-state index in [2.05, 4.69) is 20.3 Å². The topological polar surface area (TPSA) is 148 Å². The minimum atomic E-state index is -1.32. The lowest BCUT2D eigenvalue weighted by Crippen LogP contribution is -2.49. The standard InChI is InChI=1S/C22H33N7O5/c1-21(2,3)34-19(30)26-14-6-5-8-27(11-14)15-10-16(29-17(15)18(23)24-13-25-29)22(32)7-9-28(12-22)20(31)33-4/h10,13-14,32H,5-9,11-12H2,1-4H3,(H,26,30)(H2,23,24,25)/t14-,22?/m1/s1. The van der Waals surface area contributed by atoms with Crippen molar-refractivity contribution in [3.63, 3.8) is 0 Å². The van der Waals surface area contributed by atoms with Gasteiger partial charge >= 0.3 is 12.2 Å². The van der Waals surface area contributed by atoms with Crippen molar-refractivity contribution in [1.29, 1.82) is 0 Å². The predicted molar refractivity (Wildman–Crippen MR) is 124 cm³/mol. The Hall–Kier alpha value is -3.28. The molecule has 12 nitrogen and oxygen atoms in total. The highest BCUT2D eigenvalue weighted by Gasteiger charge is 2.43. The molecule has 2 fully saturated rings. The van der Waals surface area contributed by atoms with Crippen molar-refractivity contribution in [1.82, 2.24) is 24.8 Å². The second-order valence-electron chi connectivity index (χ2n) is 9.93. The van der Waals surface area contributed by atoms with Crippen molar-refractivity contribution in [2.45, 2.75) is 57.3 Å². The van der Waals surface area contributed by atoms with Crippen LogP contribution in [0.5, 0.6) is 0 Å². The van der Waals surface area contributed by atoms with Gasteiger partial charge in [0.05, 0.1) is 25.0 Å². The van der Waals surface area contributed by atoms with E-state index in [4.69, 9.17) is 15.2 Å². The van der Waals surface area contributed by atoms with Crippen LogP contribution in [0, 0.1) is 0 Å². The summed E-state index contributed by atoms with van der Waals surface area (Å²) in [7, 11) is 1.32. The molecule has 34 heavy (non-hydrogen) atoms. The summed E-state index contributed by atoms with van der Waals surface area (Å²) in [6.45, 7) is 7.20. The van der Waals surface area contributed by atoms with Crippen LogP contribution in [-0.4, -0.2) is 81.7 Å². The molecule has 2 aliphatic heterocycles. The highest BCUT2D eigenvalue weighted by atomic mass is 16.6. The minimum absolute atomic E-state index is 0.0813. The molecule has 2 aromatic rings. The largest absolute Gasteiger partial charge is 0.453 e. The van der Waals surface area contributed by atoms with Crippen LogP contribution >= 0.6 is 0 Å². The summed E-state index contributed by atoms with van der Waals surface area (Å²) in [5, 5.41) is 18.8. The molecule has 2 amide bonds. The Morgan fingerprint density at radius 1 is 1.32 bits per heavy atom. The van der Waals surface area contributed by atoms with Gasteiger partial charge in [0.25, 0.3) is 0 Å². The number of aromatic nitrogens is 3. The number of nitrogens with zero attached hydrogens (tertiary/aromatic N) is 5. The van der Waals surface area contributed by atoms with Gasteiger partial charge in [-0.2, -0.15) is 5.10 Å². The molecule has 4 rings (SSSR count). The van der Waals surface area contributed by atoms with Gasteiger partial charge in [-0.3, -0.25) is 0 Å². The number of nitrogens with two attached hydrogens (primary N) is 1. The van der Waals surface area contributed by atoms with Crippen molar-refractivity contribution >= 4 is 29.2 Å². The quantitative estimate of drug-likeness (QED) is 0.600. The van der Waals surface area contributed by atoms with E-state index in [1.807, 2.05) is 26.8 Å². The number of fused-ring (bicyclic) bond motifs is 1. The number of likely N-dealkylation sites (tertiary alicyclic amines) is 1. The fourth-order valence-corrected chi connectivity index (χ4v) is 4.70. The van der Waals surface area contributed by atoms with E-state index in [9.17, 15) is 14.7 Å². The molecule has 0 aromatic carbocycles. The molecule has 186 valence electrons. The molecule has 2 aromatic heterocycles. The molecule has 0 spiro atoms. The maximum Gasteiger partial charge on any atom is 0.409 e. The normalized spacial score (nSPS) is 23.3. The van der Waals surface area contributed by atoms with E-state index in [0.29, 0.717) is 30.7 Å². The molecule has 0 radical (unpaired) electrons. The van der Waals surface area contributed by atoms with E-state index in [1.54, 1.807) is 4.52 Å². The molecule has 4 N–H and O–H groups in total. The Balaban J connectivity index is 1.62. The Morgan fingerprint density at radius 2 is 2.09 bits per heavy atom. The van der Waals surface area contributed by atoms with Crippen LogP contribution < -0.4 is 16.0 Å². The summed E-state index contributed by atoms with van der Waals surface area (Å²) in [5.41, 5.74) is 6.23. The molecule has 12 heteroatoms. The fraction of sp³-hybridized carbons (Fsp3) is 0.636. The summed E-state index contributed by atoms with van der Waals surface area (Å²) in [4.78, 5) is 32.0. The van der Waals surface area contributed by atoms with E-state index in [-0.39, 0.29) is 18.4 Å². The number of nitrogens with one attached hydrogen (secondary N) is 1. The van der Waals surface area contributed by atoms with Crippen molar-refractivity contribution in [3.05, 3.63) is 18.1 Å². The number of piperidine rings is 1. The maximum absolute atomic E-state index is 12.3. The number of aliphatic hydroxyl groups is 1.